The van der Waals surface area contributed by atoms with E-state index < -0.39 is 6.10 Å². The van der Waals surface area contributed by atoms with Gasteiger partial charge in [0.1, 0.15) is 12.2 Å². The van der Waals surface area contributed by atoms with Gasteiger partial charge in [-0.25, -0.2) is 0 Å². The Morgan fingerprint density at radius 3 is 2.89 bits per heavy atom. The molecule has 0 aromatic carbocycles. The van der Waals surface area contributed by atoms with Crippen LogP contribution in [0.4, 0.5) is 0 Å². The number of ketones is 1. The van der Waals surface area contributed by atoms with Crippen LogP contribution >= 0.6 is 0 Å². The number of aliphatic hydroxyl groups is 1. The average molecular weight is 248 g/mol. The summed E-state index contributed by atoms with van der Waals surface area (Å²) >= 11 is 0. The van der Waals surface area contributed by atoms with Gasteiger partial charge in [0.05, 0.1) is 6.10 Å². The van der Waals surface area contributed by atoms with Gasteiger partial charge in [-0.05, 0) is 36.3 Å². The van der Waals surface area contributed by atoms with Gasteiger partial charge < -0.3 is 9.84 Å². The first-order valence-electron chi connectivity index (χ1n) is 6.61. The highest BCUT2D eigenvalue weighted by molar-refractivity contribution is 5.96. The molecule has 0 unspecified atom stereocenters. The Morgan fingerprint density at radius 2 is 2.28 bits per heavy atom. The van der Waals surface area contributed by atoms with Gasteiger partial charge in [-0.3, -0.25) is 4.79 Å². The van der Waals surface area contributed by atoms with Crippen molar-refractivity contribution in [2.45, 2.75) is 45.5 Å². The molecule has 3 heteroatoms. The summed E-state index contributed by atoms with van der Waals surface area (Å²) in [6.07, 6.45) is 1.97. The van der Waals surface area contributed by atoms with E-state index in [1.807, 2.05) is 6.92 Å². The molecule has 1 N–H and O–H groups in total. The van der Waals surface area contributed by atoms with Gasteiger partial charge in [0.25, 0.3) is 0 Å². The molecule has 1 aliphatic heterocycles. The number of hydrogen-bond donors (Lipinski definition) is 1. The van der Waals surface area contributed by atoms with E-state index in [9.17, 15) is 9.90 Å². The summed E-state index contributed by atoms with van der Waals surface area (Å²) in [6.45, 7) is 10.0. The maximum Gasteiger partial charge on any atom is 0.162 e. The molecule has 3 nitrogen and oxygen atoms in total. The first-order chi connectivity index (χ1) is 8.36. The molecule has 1 saturated carbocycles. The molecule has 0 bridgehead atoms. The lowest BCUT2D eigenvalue weighted by Crippen LogP contribution is -2.48. The molecule has 3 aliphatic rings. The third-order valence-electron chi connectivity index (χ3n) is 5.21. The molecule has 1 heterocycles. The van der Waals surface area contributed by atoms with E-state index in [1.165, 1.54) is 0 Å². The van der Waals surface area contributed by atoms with Crippen molar-refractivity contribution < 1.29 is 14.6 Å². The molecule has 0 aromatic rings. The summed E-state index contributed by atoms with van der Waals surface area (Å²) in [5, 5.41) is 10.2. The Hall–Kier alpha value is -0.930. The molecule has 2 aliphatic carbocycles. The fraction of sp³-hybridized carbons (Fsp3) is 0.667. The second kappa shape index (κ2) is 3.55. The van der Waals surface area contributed by atoms with Crippen LogP contribution in [-0.4, -0.2) is 29.2 Å². The quantitative estimate of drug-likeness (QED) is 0.569. The number of epoxide rings is 1. The van der Waals surface area contributed by atoms with Crippen LogP contribution in [0.5, 0.6) is 0 Å². The highest BCUT2D eigenvalue weighted by atomic mass is 16.6. The Balaban J connectivity index is 2.04. The van der Waals surface area contributed by atoms with E-state index in [0.29, 0.717) is 0 Å². The van der Waals surface area contributed by atoms with Crippen molar-refractivity contribution in [1.82, 2.24) is 0 Å². The molecule has 6 atom stereocenters. The Bertz CT molecular complexity index is 464. The van der Waals surface area contributed by atoms with E-state index in [1.54, 1.807) is 6.08 Å². The van der Waals surface area contributed by atoms with Gasteiger partial charge in [-0.15, -0.1) is 0 Å². The van der Waals surface area contributed by atoms with Gasteiger partial charge in [-0.2, -0.15) is 0 Å². The van der Waals surface area contributed by atoms with Crippen LogP contribution in [0.1, 0.15) is 27.2 Å². The van der Waals surface area contributed by atoms with E-state index >= 15 is 0 Å². The molecule has 1 saturated heterocycles. The smallest absolute Gasteiger partial charge is 0.162 e. The van der Waals surface area contributed by atoms with Crippen molar-refractivity contribution in [2.24, 2.45) is 17.3 Å². The van der Waals surface area contributed by atoms with Crippen molar-refractivity contribution in [3.05, 3.63) is 23.8 Å². The molecule has 2 fully saturated rings. The number of ether oxygens (including phenoxy) is 1. The van der Waals surface area contributed by atoms with Gasteiger partial charge in [0.15, 0.2) is 5.78 Å². The van der Waals surface area contributed by atoms with E-state index in [0.717, 1.165) is 17.6 Å². The van der Waals surface area contributed by atoms with E-state index in [-0.39, 0.29) is 35.2 Å². The lowest BCUT2D eigenvalue weighted by atomic mass is 9.57. The van der Waals surface area contributed by atoms with Crippen LogP contribution in [0.2, 0.25) is 0 Å². The Labute approximate surface area is 108 Å². The highest BCUT2D eigenvalue weighted by Gasteiger charge is 2.62. The Morgan fingerprint density at radius 1 is 1.61 bits per heavy atom. The van der Waals surface area contributed by atoms with Gasteiger partial charge >= 0.3 is 0 Å². The maximum atomic E-state index is 12.1. The SMILES string of the molecule is C=C(C)[C@@H]1C[C@@]2(C)C(=CC1=O)[C@H]1O[C@H]1[C@@H](O)[C@H]2C. The van der Waals surface area contributed by atoms with Crippen LogP contribution < -0.4 is 0 Å². The van der Waals surface area contributed by atoms with Gasteiger partial charge in [0.2, 0.25) is 0 Å². The summed E-state index contributed by atoms with van der Waals surface area (Å²) in [7, 11) is 0. The Kier molecular flexibility index (Phi) is 2.39. The van der Waals surface area contributed by atoms with E-state index in [4.69, 9.17) is 4.74 Å². The molecule has 0 amide bonds. The number of carbonyl (C=O) groups excluding carboxylic acids is 1. The normalized spacial score (nSPS) is 50.1. The van der Waals surface area contributed by atoms with Gasteiger partial charge in [-0.1, -0.05) is 26.0 Å². The average Bonchev–Trinajstić information content (AvgIpc) is 3.08. The van der Waals surface area contributed by atoms with Crippen molar-refractivity contribution in [3.8, 4) is 0 Å². The second-order valence-corrected chi connectivity index (χ2v) is 6.32. The second-order valence-electron chi connectivity index (χ2n) is 6.32. The van der Waals surface area contributed by atoms with Crippen LogP contribution in [0, 0.1) is 17.3 Å². The molecule has 98 valence electrons. The first kappa shape index (κ1) is 12.1. The summed E-state index contributed by atoms with van der Waals surface area (Å²) < 4.78 is 5.55. The summed E-state index contributed by atoms with van der Waals surface area (Å²) in [6, 6.07) is 0. The number of allylic oxidation sites excluding steroid dienone is 2. The third kappa shape index (κ3) is 1.41. The number of rotatable bonds is 1. The monoisotopic (exact) mass is 248 g/mol. The van der Waals surface area contributed by atoms with Crippen LogP contribution in [0.15, 0.2) is 23.8 Å². The van der Waals surface area contributed by atoms with Crippen LogP contribution in [0.3, 0.4) is 0 Å². The number of fused-ring (bicyclic) bond motifs is 3. The lowest BCUT2D eigenvalue weighted by Gasteiger charge is -2.46. The van der Waals surface area contributed by atoms with Crippen molar-refractivity contribution in [3.63, 3.8) is 0 Å². The van der Waals surface area contributed by atoms with Crippen molar-refractivity contribution >= 4 is 5.78 Å². The molecule has 0 spiro atoms. The summed E-state index contributed by atoms with van der Waals surface area (Å²) in [4.78, 5) is 12.1. The molecule has 0 radical (unpaired) electrons. The first-order valence-corrected chi connectivity index (χ1v) is 6.61. The number of aliphatic hydroxyl groups excluding tert-OH is 1. The minimum absolute atomic E-state index is 0.0313. The molecular formula is C15H20O3. The maximum absolute atomic E-state index is 12.1. The number of hydrogen-bond acceptors (Lipinski definition) is 3. The topological polar surface area (TPSA) is 49.8 Å². The van der Waals surface area contributed by atoms with E-state index in [2.05, 4.69) is 20.4 Å². The summed E-state index contributed by atoms with van der Waals surface area (Å²) in [5.74, 6) is 0.152. The zero-order valence-corrected chi connectivity index (χ0v) is 11.1. The third-order valence-corrected chi connectivity index (χ3v) is 5.21. The molecular weight excluding hydrogens is 228 g/mol. The zero-order chi connectivity index (χ0) is 13.2. The van der Waals surface area contributed by atoms with Crippen LogP contribution in [0.25, 0.3) is 0 Å². The summed E-state index contributed by atoms with van der Waals surface area (Å²) in [5.41, 5.74) is 1.86. The van der Waals surface area contributed by atoms with Gasteiger partial charge in [0, 0.05) is 5.92 Å². The highest BCUT2D eigenvalue weighted by Crippen LogP contribution is 2.58. The number of carbonyl (C=O) groups is 1. The molecule has 0 aromatic heterocycles. The fourth-order valence-corrected chi connectivity index (χ4v) is 3.63. The fourth-order valence-electron chi connectivity index (χ4n) is 3.63. The molecule has 18 heavy (non-hydrogen) atoms. The lowest BCUT2D eigenvalue weighted by molar-refractivity contribution is -0.119. The minimum atomic E-state index is -0.420. The predicted molar refractivity (Wildman–Crippen MR) is 67.9 cm³/mol. The standard InChI is InChI=1S/C15H20O3/c1-7(2)9-6-15(4)8(3)12(17)14-13(18-14)10(15)5-11(9)16/h5,8-9,12-14,17H,1,6H2,2-4H3/t8-,9+,12+,13-,14+,15-/m1/s1. The van der Waals surface area contributed by atoms with Crippen LogP contribution in [-0.2, 0) is 9.53 Å². The molecule has 3 rings (SSSR count). The van der Waals surface area contributed by atoms with Crippen molar-refractivity contribution in [2.75, 3.05) is 0 Å². The van der Waals surface area contributed by atoms with Crippen molar-refractivity contribution in [1.29, 1.82) is 0 Å². The minimum Gasteiger partial charge on any atom is -0.390 e. The largest absolute Gasteiger partial charge is 0.390 e. The zero-order valence-electron chi connectivity index (χ0n) is 11.1. The predicted octanol–water partition coefficient (Wildman–Crippen LogP) is 1.86.